The van der Waals surface area contributed by atoms with Gasteiger partial charge in [-0.15, -0.1) is 0 Å². The molecule has 2 aromatic carbocycles. The van der Waals surface area contributed by atoms with Crippen LogP contribution in [0.4, 0.5) is 22.8 Å². The van der Waals surface area contributed by atoms with Crippen LogP contribution in [0.5, 0.6) is 0 Å². The highest BCUT2D eigenvalue weighted by molar-refractivity contribution is 5.87. The lowest BCUT2D eigenvalue weighted by Gasteiger charge is -2.38. The fraction of sp³-hybridized carbons (Fsp3) is 0.500. The van der Waals surface area contributed by atoms with Crippen LogP contribution in [0, 0.1) is 11.8 Å². The number of aromatic nitrogens is 2. The SMILES string of the molecule is COC(=O)N[C@H](C(=O)N[C@@H](CNCC(F)(F)F)C1(C)CC=C(c2ccc(-c3ccc(-c4cnc([C@@H]5CCCN5C(=O)[C@@H](NC(=O)OC)C(C)C)[nH]4)cc3)cc2)N1)C(C)C. The number of halogens is 3. The van der Waals surface area contributed by atoms with Crippen molar-refractivity contribution in [2.24, 2.45) is 11.8 Å². The van der Waals surface area contributed by atoms with E-state index in [2.05, 4.69) is 41.3 Å². The van der Waals surface area contributed by atoms with E-state index in [1.54, 1.807) is 24.9 Å². The average molecular weight is 825 g/mol. The number of ether oxygens (including phenoxy) is 2. The number of methoxy groups -OCH3 is 2. The molecule has 2 aliphatic heterocycles. The van der Waals surface area contributed by atoms with E-state index in [1.807, 2.05) is 75.4 Å². The van der Waals surface area contributed by atoms with Gasteiger partial charge in [0.25, 0.3) is 0 Å². The van der Waals surface area contributed by atoms with Gasteiger partial charge in [-0.2, -0.15) is 13.2 Å². The van der Waals surface area contributed by atoms with Crippen molar-refractivity contribution in [3.63, 3.8) is 0 Å². The number of carbonyl (C=O) groups excluding carboxylic acids is 4. The van der Waals surface area contributed by atoms with Gasteiger partial charge in [0.15, 0.2) is 0 Å². The van der Waals surface area contributed by atoms with E-state index in [4.69, 9.17) is 4.74 Å². The summed E-state index contributed by atoms with van der Waals surface area (Å²) in [6.07, 6.45) is -0.195. The number of H-pyrrole nitrogens is 1. The second kappa shape index (κ2) is 19.0. The van der Waals surface area contributed by atoms with Crippen molar-refractivity contribution in [3.05, 3.63) is 72.2 Å². The molecule has 5 rings (SSSR count). The maximum Gasteiger partial charge on any atom is 0.407 e. The van der Waals surface area contributed by atoms with Crippen LogP contribution >= 0.6 is 0 Å². The first-order valence-corrected chi connectivity index (χ1v) is 19.7. The molecular weight excluding hydrogens is 770 g/mol. The summed E-state index contributed by atoms with van der Waals surface area (Å²) in [4.78, 5) is 60.6. The number of amides is 4. The second-order valence-corrected chi connectivity index (χ2v) is 15.9. The van der Waals surface area contributed by atoms with E-state index in [0.29, 0.717) is 18.8 Å². The molecule has 3 heterocycles. The zero-order valence-corrected chi connectivity index (χ0v) is 34.5. The number of likely N-dealkylation sites (tertiary alicyclic amines) is 1. The van der Waals surface area contributed by atoms with Crippen molar-refractivity contribution < 1.29 is 41.8 Å². The largest absolute Gasteiger partial charge is 0.453 e. The highest BCUT2D eigenvalue weighted by Crippen LogP contribution is 2.34. The summed E-state index contributed by atoms with van der Waals surface area (Å²) in [5.41, 5.74) is 4.43. The smallest absolute Gasteiger partial charge is 0.407 e. The molecule has 0 aliphatic carbocycles. The van der Waals surface area contributed by atoms with Crippen LogP contribution < -0.4 is 26.6 Å². The van der Waals surface area contributed by atoms with Crippen molar-refractivity contribution >= 4 is 29.7 Å². The molecule has 0 bridgehead atoms. The summed E-state index contributed by atoms with van der Waals surface area (Å²) in [5, 5.41) is 13.9. The lowest BCUT2D eigenvalue weighted by Crippen LogP contribution is -2.63. The number of alkyl halides is 3. The predicted octanol–water partition coefficient (Wildman–Crippen LogP) is 5.90. The number of hydrogen-bond donors (Lipinski definition) is 6. The third-order valence-corrected chi connectivity index (χ3v) is 10.9. The minimum absolute atomic E-state index is 0.136. The molecule has 1 fully saturated rings. The number of imidazole rings is 1. The molecule has 2 aliphatic rings. The Kier molecular flexibility index (Phi) is 14.3. The first-order valence-electron chi connectivity index (χ1n) is 19.7. The van der Waals surface area contributed by atoms with Crippen molar-refractivity contribution in [2.45, 2.75) is 89.8 Å². The maximum absolute atomic E-state index is 13.5. The molecule has 1 aromatic heterocycles. The molecular formula is C42H55F3N8O6. The molecule has 59 heavy (non-hydrogen) atoms. The number of aromatic amines is 1. The van der Waals surface area contributed by atoms with Gasteiger partial charge in [-0.1, -0.05) is 82.3 Å². The number of alkyl carbamates (subject to hydrolysis) is 2. The minimum Gasteiger partial charge on any atom is -0.453 e. The number of hydrogen-bond acceptors (Lipinski definition) is 9. The lowest BCUT2D eigenvalue weighted by atomic mass is 9.89. The Morgan fingerprint density at radius 2 is 1.42 bits per heavy atom. The zero-order chi connectivity index (χ0) is 43.1. The minimum atomic E-state index is -4.44. The number of rotatable bonds is 15. The first-order chi connectivity index (χ1) is 27.9. The predicted molar refractivity (Wildman–Crippen MR) is 216 cm³/mol. The molecule has 5 atom stereocenters. The normalized spacial score (nSPS) is 19.4. The molecule has 3 aromatic rings. The van der Waals surface area contributed by atoms with Gasteiger partial charge in [0.1, 0.15) is 17.9 Å². The summed E-state index contributed by atoms with van der Waals surface area (Å²) in [7, 11) is 2.45. The maximum atomic E-state index is 13.5. The van der Waals surface area contributed by atoms with Crippen LogP contribution in [0.25, 0.3) is 28.1 Å². The van der Waals surface area contributed by atoms with Gasteiger partial charge in [-0.05, 0) is 60.3 Å². The molecule has 320 valence electrons. The third-order valence-electron chi connectivity index (χ3n) is 10.9. The van der Waals surface area contributed by atoms with E-state index >= 15 is 0 Å². The molecule has 4 amide bonds. The van der Waals surface area contributed by atoms with Crippen molar-refractivity contribution in [3.8, 4) is 22.4 Å². The Bertz CT molecular complexity index is 1970. The van der Waals surface area contributed by atoms with Crippen molar-refractivity contribution in [1.82, 2.24) is 41.5 Å². The molecule has 14 nitrogen and oxygen atoms in total. The highest BCUT2D eigenvalue weighted by atomic mass is 19.4. The standard InChI is InChI=1S/C42H55F3N8O6/c1-24(2)34(50-39(56)58-6)37(54)49-33(22-46-23-42(43,44)45)41(5)19-18-30(52-41)28-14-10-26(11-15-28)27-12-16-29(17-13-27)31-21-47-36(48-31)32-9-8-20-53(32)38(55)35(25(3)4)51-40(57)59-7/h10-18,21,24-25,32-35,46,52H,8-9,19-20,22-23H2,1-7H3,(H,47,48)(H,49,54)(H,50,56)(H,51,57)/t32-,33-,34-,35-,41?/m0/s1. The monoisotopic (exact) mass is 824 g/mol. The molecule has 1 saturated heterocycles. The molecule has 17 heteroatoms. The topological polar surface area (TPSA) is 179 Å². The van der Waals surface area contributed by atoms with Crippen molar-refractivity contribution in [1.29, 1.82) is 0 Å². The number of nitrogens with one attached hydrogen (secondary N) is 6. The molecule has 0 spiro atoms. The number of benzene rings is 2. The Morgan fingerprint density at radius 1 is 0.864 bits per heavy atom. The zero-order valence-electron chi connectivity index (χ0n) is 34.5. The van der Waals surface area contributed by atoms with E-state index in [-0.39, 0.29) is 30.3 Å². The van der Waals surface area contributed by atoms with Crippen LogP contribution in [0.15, 0.2) is 60.8 Å². The molecule has 0 radical (unpaired) electrons. The Morgan fingerprint density at radius 3 is 1.98 bits per heavy atom. The Hall–Kier alpha value is -5.58. The summed E-state index contributed by atoms with van der Waals surface area (Å²) >= 11 is 0. The van der Waals surface area contributed by atoms with E-state index in [9.17, 15) is 32.3 Å². The van der Waals surface area contributed by atoms with Gasteiger partial charge in [-0.25, -0.2) is 14.6 Å². The van der Waals surface area contributed by atoms with Gasteiger partial charge in [0, 0.05) is 18.8 Å². The fourth-order valence-corrected chi connectivity index (χ4v) is 7.45. The van der Waals surface area contributed by atoms with Gasteiger partial charge in [0.2, 0.25) is 11.8 Å². The Labute approximate surface area is 342 Å². The second-order valence-electron chi connectivity index (χ2n) is 15.9. The average Bonchev–Trinajstić information content (AvgIpc) is 3.98. The Balaban J connectivity index is 1.25. The van der Waals surface area contributed by atoms with Gasteiger partial charge in [-0.3, -0.25) is 9.59 Å². The molecule has 1 unspecified atom stereocenters. The van der Waals surface area contributed by atoms with Crippen LogP contribution in [0.1, 0.15) is 71.3 Å². The van der Waals surface area contributed by atoms with Crippen LogP contribution in [-0.2, 0) is 19.1 Å². The van der Waals surface area contributed by atoms with E-state index in [0.717, 1.165) is 46.5 Å². The highest BCUT2D eigenvalue weighted by Gasteiger charge is 2.41. The summed E-state index contributed by atoms with van der Waals surface area (Å²) in [6, 6.07) is 13.2. The van der Waals surface area contributed by atoms with Gasteiger partial charge >= 0.3 is 18.4 Å². The summed E-state index contributed by atoms with van der Waals surface area (Å²) < 4.78 is 48.7. The molecule has 6 N–H and O–H groups in total. The fourth-order valence-electron chi connectivity index (χ4n) is 7.45. The first kappa shape index (κ1) is 44.5. The summed E-state index contributed by atoms with van der Waals surface area (Å²) in [6.45, 7) is 8.23. The quantitative estimate of drug-likeness (QED) is 0.109. The van der Waals surface area contributed by atoms with Gasteiger partial charge < -0.3 is 45.9 Å². The van der Waals surface area contributed by atoms with Crippen LogP contribution in [0.3, 0.4) is 0 Å². The third kappa shape index (κ3) is 11.1. The van der Waals surface area contributed by atoms with Crippen molar-refractivity contribution in [2.75, 3.05) is 33.9 Å². The lowest BCUT2D eigenvalue weighted by molar-refractivity contribution is -0.135. The van der Waals surface area contributed by atoms with Crippen LogP contribution in [-0.4, -0.2) is 103 Å². The van der Waals surface area contributed by atoms with E-state index < -0.39 is 54.5 Å². The van der Waals surface area contributed by atoms with Crippen LogP contribution in [0.2, 0.25) is 0 Å². The number of carbonyl (C=O) groups is 4. The number of nitrogens with zero attached hydrogens (tertiary/aromatic N) is 2. The summed E-state index contributed by atoms with van der Waals surface area (Å²) in [5.74, 6) is -0.491. The van der Waals surface area contributed by atoms with Gasteiger partial charge in [0.05, 0.1) is 50.3 Å². The van der Waals surface area contributed by atoms with E-state index in [1.165, 1.54) is 14.2 Å². The molecule has 0 saturated carbocycles.